The predicted octanol–water partition coefficient (Wildman–Crippen LogP) is 4.67. The van der Waals surface area contributed by atoms with E-state index in [0.717, 1.165) is 5.69 Å². The molecule has 1 aromatic heterocycles. The number of carbonyl (C=O) groups is 2. The largest absolute Gasteiger partial charge is 0.335 e. The van der Waals surface area contributed by atoms with Gasteiger partial charge in [-0.3, -0.25) is 14.3 Å². The summed E-state index contributed by atoms with van der Waals surface area (Å²) in [5.74, 6) is 0.0104. The minimum Gasteiger partial charge on any atom is -0.335 e. The molecule has 1 aromatic carbocycles. The van der Waals surface area contributed by atoms with Crippen LogP contribution < -0.4 is 0 Å². The van der Waals surface area contributed by atoms with Crippen molar-refractivity contribution in [2.24, 2.45) is 0 Å². The van der Waals surface area contributed by atoms with Gasteiger partial charge in [0.15, 0.2) is 5.69 Å². The monoisotopic (exact) mass is 450 g/mol. The van der Waals surface area contributed by atoms with Gasteiger partial charge in [0.2, 0.25) is 0 Å². The molecule has 8 heteroatoms. The molecule has 162 valence electrons. The fraction of sp³-hybridized carbons (Fsp3) is 0.500. The summed E-state index contributed by atoms with van der Waals surface area (Å²) in [6, 6.07) is 6.74. The van der Waals surface area contributed by atoms with Crippen LogP contribution in [-0.4, -0.2) is 57.6 Å². The summed E-state index contributed by atoms with van der Waals surface area (Å²) in [7, 11) is 0. The average Bonchev–Trinajstić information content (AvgIpc) is 3.13. The second-order valence-electron chi connectivity index (χ2n) is 8.90. The summed E-state index contributed by atoms with van der Waals surface area (Å²) in [4.78, 5) is 29.3. The Labute approximate surface area is 187 Å². The van der Waals surface area contributed by atoms with Gasteiger partial charge in [0, 0.05) is 36.9 Å². The van der Waals surface area contributed by atoms with Gasteiger partial charge in [0.25, 0.3) is 11.8 Å². The number of halogens is 2. The van der Waals surface area contributed by atoms with Crippen LogP contribution in [0.4, 0.5) is 0 Å². The molecule has 0 spiro atoms. The lowest BCUT2D eigenvalue weighted by Gasteiger charge is -2.34. The van der Waals surface area contributed by atoms with Gasteiger partial charge in [-0.25, -0.2) is 0 Å². The van der Waals surface area contributed by atoms with E-state index < -0.39 is 0 Å². The number of rotatable bonds is 3. The number of hydrogen-bond donors (Lipinski definition) is 0. The molecule has 2 heterocycles. The number of piperazine rings is 1. The molecule has 1 fully saturated rings. The Morgan fingerprint density at radius 3 is 2.00 bits per heavy atom. The minimum absolute atomic E-state index is 0.100. The fourth-order valence-electron chi connectivity index (χ4n) is 3.56. The molecule has 0 bridgehead atoms. The van der Waals surface area contributed by atoms with E-state index in [1.165, 1.54) is 0 Å². The number of carbonyl (C=O) groups excluding carboxylic acids is 2. The van der Waals surface area contributed by atoms with Gasteiger partial charge in [0.1, 0.15) is 0 Å². The molecule has 0 radical (unpaired) electrons. The van der Waals surface area contributed by atoms with E-state index in [2.05, 4.69) is 39.7 Å². The Kier molecular flexibility index (Phi) is 6.48. The average molecular weight is 451 g/mol. The van der Waals surface area contributed by atoms with Gasteiger partial charge in [-0.15, -0.1) is 0 Å². The third-order valence-corrected chi connectivity index (χ3v) is 5.75. The molecule has 6 nitrogen and oxygen atoms in total. The van der Waals surface area contributed by atoms with Gasteiger partial charge in [-0.05, 0) is 51.0 Å². The van der Waals surface area contributed by atoms with E-state index in [0.29, 0.717) is 47.5 Å². The smallest absolute Gasteiger partial charge is 0.274 e. The fourth-order valence-corrected chi connectivity index (χ4v) is 4.05. The van der Waals surface area contributed by atoms with Crippen molar-refractivity contribution in [1.82, 2.24) is 19.6 Å². The van der Waals surface area contributed by atoms with E-state index in [-0.39, 0.29) is 23.3 Å². The zero-order chi connectivity index (χ0) is 22.2. The molecule has 1 aliphatic heterocycles. The van der Waals surface area contributed by atoms with Crippen LogP contribution in [0.1, 0.15) is 67.1 Å². The molecule has 2 amide bonds. The third kappa shape index (κ3) is 4.65. The highest BCUT2D eigenvalue weighted by molar-refractivity contribution is 6.36. The number of benzene rings is 1. The van der Waals surface area contributed by atoms with Crippen molar-refractivity contribution >= 4 is 35.0 Å². The Morgan fingerprint density at radius 1 is 0.967 bits per heavy atom. The van der Waals surface area contributed by atoms with Crippen LogP contribution >= 0.6 is 23.2 Å². The predicted molar refractivity (Wildman–Crippen MR) is 120 cm³/mol. The van der Waals surface area contributed by atoms with Crippen molar-refractivity contribution in [3.63, 3.8) is 0 Å². The minimum atomic E-state index is -0.207. The zero-order valence-electron chi connectivity index (χ0n) is 18.1. The Hall–Kier alpha value is -2.05. The molecule has 1 aliphatic rings. The summed E-state index contributed by atoms with van der Waals surface area (Å²) in [5, 5.41) is 5.44. The van der Waals surface area contributed by atoms with E-state index in [9.17, 15) is 9.59 Å². The van der Waals surface area contributed by atoms with Crippen molar-refractivity contribution in [3.8, 4) is 0 Å². The molecule has 30 heavy (non-hydrogen) atoms. The molecule has 0 saturated carbocycles. The number of aromatic nitrogens is 2. The first-order valence-corrected chi connectivity index (χ1v) is 10.9. The molecule has 0 atom stereocenters. The lowest BCUT2D eigenvalue weighted by Crippen LogP contribution is -2.50. The summed E-state index contributed by atoms with van der Waals surface area (Å²) < 4.78 is 1.94. The Bertz CT molecular complexity index is 955. The van der Waals surface area contributed by atoms with Gasteiger partial charge in [0.05, 0.1) is 16.1 Å². The summed E-state index contributed by atoms with van der Waals surface area (Å²) in [6.07, 6.45) is 0. The van der Waals surface area contributed by atoms with Crippen LogP contribution in [0.2, 0.25) is 10.0 Å². The molecule has 0 unspecified atom stereocenters. The first-order valence-electron chi connectivity index (χ1n) is 10.1. The van der Waals surface area contributed by atoms with Crippen LogP contribution in [0.15, 0.2) is 24.3 Å². The number of nitrogens with zero attached hydrogens (tertiary/aromatic N) is 4. The molecule has 2 aromatic rings. The molecule has 0 N–H and O–H groups in total. The Balaban J connectivity index is 1.71. The first-order chi connectivity index (χ1) is 14.0. The van der Waals surface area contributed by atoms with E-state index in [1.54, 1.807) is 28.0 Å². The van der Waals surface area contributed by atoms with Gasteiger partial charge in [-0.1, -0.05) is 37.0 Å². The quantitative estimate of drug-likeness (QED) is 0.682. The summed E-state index contributed by atoms with van der Waals surface area (Å²) in [6.45, 7) is 12.2. The lowest BCUT2D eigenvalue weighted by atomic mass is 10.1. The SMILES string of the molecule is CC(C)c1cc(C(=O)N2CCN(C(=O)c3ccc(Cl)cc3Cl)CC2)nn1C(C)(C)C. The molecular formula is C22H28Cl2N4O2. The maximum absolute atomic E-state index is 13.1. The maximum atomic E-state index is 13.1. The standard InChI is InChI=1S/C22H28Cl2N4O2/c1-14(2)19-13-18(25-28(19)22(3,4)5)21(30)27-10-8-26(9-11-27)20(29)16-7-6-15(23)12-17(16)24/h6-7,12-14H,8-11H2,1-5H3. The second-order valence-corrected chi connectivity index (χ2v) is 9.74. The molecule has 3 rings (SSSR count). The molecule has 0 aliphatic carbocycles. The van der Waals surface area contributed by atoms with Crippen LogP contribution in [-0.2, 0) is 5.54 Å². The highest BCUT2D eigenvalue weighted by Gasteiger charge is 2.29. The van der Waals surface area contributed by atoms with Crippen LogP contribution in [0.3, 0.4) is 0 Å². The van der Waals surface area contributed by atoms with Crippen LogP contribution in [0, 0.1) is 0 Å². The first kappa shape index (κ1) is 22.6. The van der Waals surface area contributed by atoms with Crippen LogP contribution in [0.25, 0.3) is 0 Å². The molecular weight excluding hydrogens is 423 g/mol. The second kappa shape index (κ2) is 8.60. The van der Waals surface area contributed by atoms with Crippen molar-refractivity contribution in [1.29, 1.82) is 0 Å². The van der Waals surface area contributed by atoms with Crippen LogP contribution in [0.5, 0.6) is 0 Å². The Morgan fingerprint density at radius 2 is 1.53 bits per heavy atom. The lowest BCUT2D eigenvalue weighted by molar-refractivity contribution is 0.0531. The number of amides is 2. The van der Waals surface area contributed by atoms with Gasteiger partial charge < -0.3 is 9.80 Å². The van der Waals surface area contributed by atoms with Crippen molar-refractivity contribution in [2.75, 3.05) is 26.2 Å². The molecule has 1 saturated heterocycles. The highest BCUT2D eigenvalue weighted by Crippen LogP contribution is 2.25. The van der Waals surface area contributed by atoms with Crippen molar-refractivity contribution in [3.05, 3.63) is 51.3 Å². The summed E-state index contributed by atoms with van der Waals surface area (Å²) >= 11 is 12.1. The zero-order valence-corrected chi connectivity index (χ0v) is 19.6. The number of hydrogen-bond acceptors (Lipinski definition) is 3. The normalized spacial score (nSPS) is 15.1. The third-order valence-electron chi connectivity index (χ3n) is 5.20. The van der Waals surface area contributed by atoms with E-state index in [1.807, 2.05) is 10.7 Å². The van der Waals surface area contributed by atoms with Gasteiger partial charge >= 0.3 is 0 Å². The van der Waals surface area contributed by atoms with Crippen molar-refractivity contribution < 1.29 is 9.59 Å². The highest BCUT2D eigenvalue weighted by atomic mass is 35.5. The van der Waals surface area contributed by atoms with E-state index in [4.69, 9.17) is 23.2 Å². The topological polar surface area (TPSA) is 58.4 Å². The summed E-state index contributed by atoms with van der Waals surface area (Å²) in [5.41, 5.74) is 1.71. The van der Waals surface area contributed by atoms with E-state index >= 15 is 0 Å². The maximum Gasteiger partial charge on any atom is 0.274 e. The van der Waals surface area contributed by atoms with Crippen molar-refractivity contribution in [2.45, 2.75) is 46.1 Å². The van der Waals surface area contributed by atoms with Gasteiger partial charge in [-0.2, -0.15) is 5.10 Å².